The minimum atomic E-state index is -3.63. The summed E-state index contributed by atoms with van der Waals surface area (Å²) in [7, 11) is 3.13. The lowest BCUT2D eigenvalue weighted by Crippen LogP contribution is -1.99. The van der Waals surface area contributed by atoms with Gasteiger partial charge in [-0.2, -0.15) is 0 Å². The number of hydrogen-bond acceptors (Lipinski definition) is 3. The molecule has 0 atom stereocenters. The van der Waals surface area contributed by atoms with Crippen LogP contribution in [-0.2, 0) is 9.05 Å². The number of benzene rings is 1. The summed E-state index contributed by atoms with van der Waals surface area (Å²) in [5.41, 5.74) is 0. The third-order valence-corrected chi connectivity index (χ3v) is 2.86. The van der Waals surface area contributed by atoms with E-state index in [1.165, 1.54) is 12.1 Å². The largest absolute Gasteiger partial charge is 0.563 e. The van der Waals surface area contributed by atoms with Crippen molar-refractivity contribution in [3.8, 4) is 5.75 Å². The highest BCUT2D eigenvalue weighted by Crippen LogP contribution is 2.18. The fraction of sp³-hybridized carbons (Fsp3) is 0.250. The monoisotopic (exact) mass is 231 g/mol. The lowest BCUT2D eigenvalue weighted by atomic mass is 9.97. The molecule has 0 aliphatic heterocycles. The molecule has 0 aliphatic carbocycles. The Labute approximate surface area is 88.7 Å². The average molecular weight is 231 g/mol. The molecule has 0 spiro atoms. The topological polar surface area (TPSA) is 43.4 Å². The first-order valence-corrected chi connectivity index (χ1v) is 6.38. The van der Waals surface area contributed by atoms with Crippen molar-refractivity contribution in [3.63, 3.8) is 0 Å². The Kier molecular flexibility index (Phi) is 3.83. The summed E-state index contributed by atoms with van der Waals surface area (Å²) in [6.45, 7) is 1.94. The van der Waals surface area contributed by atoms with Crippen LogP contribution in [0.2, 0.25) is 6.32 Å². The molecule has 0 bridgehead atoms. The summed E-state index contributed by atoms with van der Waals surface area (Å²) in [5.74, 6) is 0.593. The van der Waals surface area contributed by atoms with Gasteiger partial charge < -0.3 is 4.65 Å². The Hall–Kier alpha value is -0.675. The van der Waals surface area contributed by atoms with Crippen molar-refractivity contribution in [1.82, 2.24) is 0 Å². The smallest absolute Gasteiger partial charge is 0.369 e. The molecule has 1 rings (SSSR count). The fourth-order valence-corrected chi connectivity index (χ4v) is 1.63. The molecule has 3 nitrogen and oxygen atoms in total. The molecule has 0 heterocycles. The van der Waals surface area contributed by atoms with Gasteiger partial charge in [0.15, 0.2) is 0 Å². The van der Waals surface area contributed by atoms with Crippen LogP contribution in [0.1, 0.15) is 6.92 Å². The van der Waals surface area contributed by atoms with Crippen molar-refractivity contribution in [2.75, 3.05) is 0 Å². The second-order valence-electron chi connectivity index (χ2n) is 2.60. The van der Waals surface area contributed by atoms with Crippen LogP contribution in [0.5, 0.6) is 5.75 Å². The highest BCUT2D eigenvalue weighted by Gasteiger charge is 2.08. The Balaban J connectivity index is 2.79. The van der Waals surface area contributed by atoms with E-state index in [9.17, 15) is 8.42 Å². The van der Waals surface area contributed by atoms with E-state index < -0.39 is 9.05 Å². The van der Waals surface area contributed by atoms with Crippen molar-refractivity contribution < 1.29 is 13.1 Å². The predicted octanol–water partition coefficient (Wildman–Crippen LogP) is 2.05. The molecule has 0 fully saturated rings. The fourth-order valence-electron chi connectivity index (χ4n) is 0.860. The van der Waals surface area contributed by atoms with E-state index in [0.717, 1.165) is 6.32 Å². The van der Waals surface area contributed by atoms with Gasteiger partial charge in [-0.25, -0.2) is 8.42 Å². The van der Waals surface area contributed by atoms with Gasteiger partial charge in [0, 0.05) is 10.7 Å². The van der Waals surface area contributed by atoms with Gasteiger partial charge >= 0.3 is 7.48 Å². The second kappa shape index (κ2) is 4.71. The molecule has 0 saturated heterocycles. The van der Waals surface area contributed by atoms with Gasteiger partial charge in [0.05, 0.1) is 10.6 Å². The van der Waals surface area contributed by atoms with Crippen molar-refractivity contribution in [1.29, 1.82) is 0 Å². The first-order valence-electron chi connectivity index (χ1n) is 4.07. The van der Waals surface area contributed by atoms with Crippen molar-refractivity contribution >= 4 is 27.2 Å². The van der Waals surface area contributed by atoms with Gasteiger partial charge in [-0.3, -0.25) is 0 Å². The first kappa shape index (κ1) is 11.4. The summed E-state index contributed by atoms with van der Waals surface area (Å²) < 4.78 is 26.9. The van der Waals surface area contributed by atoms with Crippen LogP contribution in [0.3, 0.4) is 0 Å². The molecular formula is C8H9BClO3S. The molecule has 0 unspecified atom stereocenters. The van der Waals surface area contributed by atoms with E-state index in [1.54, 1.807) is 19.6 Å². The molecule has 14 heavy (non-hydrogen) atoms. The van der Waals surface area contributed by atoms with Gasteiger partial charge in [0.25, 0.3) is 9.05 Å². The highest BCUT2D eigenvalue weighted by molar-refractivity contribution is 8.13. The number of halogens is 1. The minimum absolute atomic E-state index is 0.0722. The maximum absolute atomic E-state index is 10.9. The van der Waals surface area contributed by atoms with Crippen molar-refractivity contribution in [2.45, 2.75) is 18.1 Å². The predicted molar refractivity (Wildman–Crippen MR) is 56.3 cm³/mol. The third kappa shape index (κ3) is 3.23. The molecule has 1 radical (unpaired) electrons. The van der Waals surface area contributed by atoms with Crippen LogP contribution in [0.15, 0.2) is 29.2 Å². The molecule has 6 heteroatoms. The SMILES string of the molecule is CC[B]Oc1ccc(S(=O)(=O)Cl)cc1. The van der Waals surface area contributed by atoms with Crippen LogP contribution >= 0.6 is 10.7 Å². The maximum Gasteiger partial charge on any atom is 0.369 e. The summed E-state index contributed by atoms with van der Waals surface area (Å²) in [5, 5.41) is 0. The van der Waals surface area contributed by atoms with E-state index in [-0.39, 0.29) is 4.90 Å². The first-order chi connectivity index (χ1) is 6.54. The molecule has 0 N–H and O–H groups in total. The van der Waals surface area contributed by atoms with Crippen molar-refractivity contribution in [3.05, 3.63) is 24.3 Å². The quantitative estimate of drug-likeness (QED) is 0.588. The molecule has 0 aromatic heterocycles. The molecule has 0 amide bonds. The maximum atomic E-state index is 10.9. The van der Waals surface area contributed by atoms with E-state index in [1.807, 2.05) is 6.92 Å². The van der Waals surface area contributed by atoms with E-state index in [2.05, 4.69) is 0 Å². The highest BCUT2D eigenvalue weighted by atomic mass is 35.7. The van der Waals surface area contributed by atoms with Crippen LogP contribution < -0.4 is 4.65 Å². The van der Waals surface area contributed by atoms with Gasteiger partial charge in [-0.1, -0.05) is 6.92 Å². The molecule has 1 aromatic rings. The average Bonchev–Trinajstić information content (AvgIpc) is 2.14. The molecule has 0 saturated carbocycles. The molecular weight excluding hydrogens is 222 g/mol. The Bertz CT molecular complexity index is 388. The summed E-state index contributed by atoms with van der Waals surface area (Å²) in [6.07, 6.45) is 0.787. The molecule has 75 valence electrons. The Morgan fingerprint density at radius 2 is 1.93 bits per heavy atom. The van der Waals surface area contributed by atoms with Crippen molar-refractivity contribution in [2.24, 2.45) is 0 Å². The Morgan fingerprint density at radius 3 is 2.36 bits per heavy atom. The molecule has 1 aromatic carbocycles. The van der Waals surface area contributed by atoms with Gasteiger partial charge in [0.2, 0.25) is 0 Å². The summed E-state index contributed by atoms with van der Waals surface area (Å²) in [6, 6.07) is 5.92. The van der Waals surface area contributed by atoms with Crippen LogP contribution in [0.4, 0.5) is 0 Å². The minimum Gasteiger partial charge on any atom is -0.563 e. The standard InChI is InChI=1S/C8H9BClO3S/c1-2-9-13-7-3-5-8(6-4-7)14(10,11)12/h3-6H,2H2,1H3. The van der Waals surface area contributed by atoms with E-state index >= 15 is 0 Å². The number of rotatable bonds is 4. The normalized spacial score (nSPS) is 11.0. The van der Waals surface area contributed by atoms with Crippen LogP contribution in [-0.4, -0.2) is 15.9 Å². The van der Waals surface area contributed by atoms with E-state index in [4.69, 9.17) is 15.3 Å². The van der Waals surface area contributed by atoms with E-state index in [0.29, 0.717) is 5.75 Å². The van der Waals surface area contributed by atoms with Crippen LogP contribution in [0, 0.1) is 0 Å². The second-order valence-corrected chi connectivity index (χ2v) is 5.17. The zero-order valence-corrected chi connectivity index (χ0v) is 9.18. The van der Waals surface area contributed by atoms with Crippen LogP contribution in [0.25, 0.3) is 0 Å². The Morgan fingerprint density at radius 1 is 1.36 bits per heavy atom. The lowest BCUT2D eigenvalue weighted by molar-refractivity contribution is 0.592. The third-order valence-electron chi connectivity index (χ3n) is 1.49. The van der Waals surface area contributed by atoms with Gasteiger partial charge in [-0.05, 0) is 30.6 Å². The molecule has 0 aliphatic rings. The van der Waals surface area contributed by atoms with Gasteiger partial charge in [-0.15, -0.1) is 0 Å². The number of hydrogen-bond donors (Lipinski definition) is 0. The van der Waals surface area contributed by atoms with Gasteiger partial charge in [0.1, 0.15) is 0 Å². The zero-order valence-electron chi connectivity index (χ0n) is 7.60. The lowest BCUT2D eigenvalue weighted by Gasteiger charge is -2.03. The zero-order chi connectivity index (χ0) is 10.6. The summed E-state index contributed by atoms with van der Waals surface area (Å²) in [4.78, 5) is 0.0722. The summed E-state index contributed by atoms with van der Waals surface area (Å²) >= 11 is 0.